The molecule has 1 aliphatic rings. The Hall–Kier alpha value is -1.97. The van der Waals surface area contributed by atoms with E-state index in [0.29, 0.717) is 12.2 Å². The molecule has 0 radical (unpaired) electrons. The Labute approximate surface area is 105 Å². The second-order valence-electron chi connectivity index (χ2n) is 4.65. The van der Waals surface area contributed by atoms with Crippen molar-refractivity contribution >= 4 is 5.82 Å². The van der Waals surface area contributed by atoms with E-state index in [1.165, 1.54) is 11.6 Å². The van der Waals surface area contributed by atoms with Gasteiger partial charge in [0.1, 0.15) is 11.6 Å². The Balaban J connectivity index is 1.97. The Morgan fingerprint density at radius 1 is 1.17 bits per heavy atom. The molecule has 0 bridgehead atoms. The van der Waals surface area contributed by atoms with Crippen LogP contribution in [-0.4, -0.2) is 10.2 Å². The van der Waals surface area contributed by atoms with E-state index in [1.54, 1.807) is 12.1 Å². The molecule has 1 aromatic carbocycles. The summed E-state index contributed by atoms with van der Waals surface area (Å²) in [5.41, 5.74) is 10.0. The van der Waals surface area contributed by atoms with E-state index in [-0.39, 0.29) is 5.82 Å². The van der Waals surface area contributed by atoms with Gasteiger partial charge in [-0.1, -0.05) is 12.1 Å². The maximum Gasteiger partial charge on any atom is 0.149 e. The molecule has 0 unspecified atom stereocenters. The molecule has 0 saturated carbocycles. The Bertz CT molecular complexity index is 596. The maximum atomic E-state index is 13.2. The smallest absolute Gasteiger partial charge is 0.149 e. The lowest BCUT2D eigenvalue weighted by molar-refractivity contribution is 0.626. The van der Waals surface area contributed by atoms with Crippen LogP contribution in [0, 0.1) is 5.82 Å². The molecule has 0 atom stereocenters. The van der Waals surface area contributed by atoms with Gasteiger partial charge in [0.05, 0.1) is 5.69 Å². The molecular weight excluding hydrogens is 229 g/mol. The molecule has 0 aliphatic heterocycles. The van der Waals surface area contributed by atoms with Crippen molar-refractivity contribution < 1.29 is 4.39 Å². The molecule has 4 heteroatoms. The number of nitrogens with zero attached hydrogens (tertiary/aromatic N) is 2. The van der Waals surface area contributed by atoms with Crippen molar-refractivity contribution in [2.75, 3.05) is 5.73 Å². The van der Waals surface area contributed by atoms with Crippen molar-refractivity contribution in [3.8, 4) is 0 Å². The maximum absolute atomic E-state index is 13.2. The first-order chi connectivity index (χ1) is 8.74. The number of fused-ring (bicyclic) bond motifs is 1. The van der Waals surface area contributed by atoms with E-state index in [1.807, 2.05) is 6.07 Å². The minimum atomic E-state index is -0.215. The first-order valence-corrected chi connectivity index (χ1v) is 6.11. The summed E-state index contributed by atoms with van der Waals surface area (Å²) in [5, 5.41) is 8.18. The number of nitrogens with two attached hydrogens (primary N) is 1. The minimum absolute atomic E-state index is 0.215. The second kappa shape index (κ2) is 4.37. The van der Waals surface area contributed by atoms with E-state index in [4.69, 9.17) is 5.73 Å². The molecule has 0 spiro atoms. The monoisotopic (exact) mass is 243 g/mol. The highest BCUT2D eigenvalue weighted by atomic mass is 19.1. The highest BCUT2D eigenvalue weighted by molar-refractivity contribution is 5.48. The fraction of sp³-hybridized carbons (Fsp3) is 0.286. The summed E-state index contributed by atoms with van der Waals surface area (Å²) in [7, 11) is 0. The number of anilines is 1. The summed E-state index contributed by atoms with van der Waals surface area (Å²) in [6.45, 7) is 0. The minimum Gasteiger partial charge on any atom is -0.382 e. The summed E-state index contributed by atoms with van der Waals surface area (Å²) in [6.07, 6.45) is 3.70. The number of hydrogen-bond donors (Lipinski definition) is 1. The van der Waals surface area contributed by atoms with E-state index in [0.717, 1.165) is 36.1 Å². The average molecular weight is 243 g/mol. The normalized spacial score (nSPS) is 13.6. The summed E-state index contributed by atoms with van der Waals surface area (Å²) >= 11 is 0. The first-order valence-electron chi connectivity index (χ1n) is 6.11. The zero-order valence-corrected chi connectivity index (χ0v) is 9.99. The van der Waals surface area contributed by atoms with Crippen LogP contribution in [0.1, 0.15) is 28.8 Å². The zero-order chi connectivity index (χ0) is 12.5. The van der Waals surface area contributed by atoms with Crippen molar-refractivity contribution in [2.45, 2.75) is 25.7 Å². The third-order valence-corrected chi connectivity index (χ3v) is 3.41. The third kappa shape index (κ3) is 1.94. The fourth-order valence-electron chi connectivity index (χ4n) is 2.56. The zero-order valence-electron chi connectivity index (χ0n) is 9.99. The van der Waals surface area contributed by atoms with Crippen LogP contribution in [0.4, 0.5) is 10.2 Å². The molecule has 3 nitrogen and oxygen atoms in total. The van der Waals surface area contributed by atoms with Gasteiger partial charge in [-0.2, -0.15) is 5.10 Å². The van der Waals surface area contributed by atoms with Gasteiger partial charge in [-0.15, -0.1) is 5.10 Å². The predicted octanol–water partition coefficient (Wildman–Crippen LogP) is 2.28. The van der Waals surface area contributed by atoms with Crippen LogP contribution in [0.15, 0.2) is 24.3 Å². The Kier molecular flexibility index (Phi) is 2.70. The van der Waals surface area contributed by atoms with E-state index >= 15 is 0 Å². The summed E-state index contributed by atoms with van der Waals surface area (Å²) in [6, 6.07) is 6.61. The third-order valence-electron chi connectivity index (χ3n) is 3.41. The fourth-order valence-corrected chi connectivity index (χ4v) is 2.56. The molecule has 0 amide bonds. The number of rotatable bonds is 2. The summed E-state index contributed by atoms with van der Waals surface area (Å²) < 4.78 is 13.2. The van der Waals surface area contributed by atoms with E-state index in [9.17, 15) is 4.39 Å². The number of halogens is 1. The largest absolute Gasteiger partial charge is 0.382 e. The summed E-state index contributed by atoms with van der Waals surface area (Å²) in [5.74, 6) is 0.332. The second-order valence-corrected chi connectivity index (χ2v) is 4.65. The Morgan fingerprint density at radius 3 is 2.83 bits per heavy atom. The first kappa shape index (κ1) is 11.1. The van der Waals surface area contributed by atoms with Gasteiger partial charge in [0, 0.05) is 12.0 Å². The van der Waals surface area contributed by atoms with Gasteiger partial charge in [-0.25, -0.2) is 4.39 Å². The van der Waals surface area contributed by atoms with Crippen LogP contribution in [0.25, 0.3) is 0 Å². The summed E-state index contributed by atoms with van der Waals surface area (Å²) in [4.78, 5) is 0. The van der Waals surface area contributed by atoms with Crippen LogP contribution >= 0.6 is 0 Å². The molecule has 0 fully saturated rings. The van der Waals surface area contributed by atoms with Crippen LogP contribution in [0.3, 0.4) is 0 Å². The predicted molar refractivity (Wildman–Crippen MR) is 67.7 cm³/mol. The average Bonchev–Trinajstić information content (AvgIpc) is 2.83. The lowest BCUT2D eigenvalue weighted by Crippen LogP contribution is -2.06. The SMILES string of the molecule is Nc1nnc(Cc2cccc(F)c2)c2c1CCC2. The lowest BCUT2D eigenvalue weighted by Gasteiger charge is -2.08. The molecular formula is C14H14FN3. The standard InChI is InChI=1S/C14H14FN3/c15-10-4-1-3-9(7-10)8-13-11-5-2-6-12(11)14(16)18-17-13/h1,3-4,7H,2,5-6,8H2,(H2,16,18). The molecule has 2 N–H and O–H groups in total. The number of hydrogen-bond acceptors (Lipinski definition) is 3. The van der Waals surface area contributed by atoms with Gasteiger partial charge in [0.2, 0.25) is 0 Å². The number of aromatic nitrogens is 2. The van der Waals surface area contributed by atoms with Crippen molar-refractivity contribution in [1.82, 2.24) is 10.2 Å². The molecule has 0 saturated heterocycles. The van der Waals surface area contributed by atoms with Gasteiger partial charge < -0.3 is 5.73 Å². The van der Waals surface area contributed by atoms with Gasteiger partial charge >= 0.3 is 0 Å². The molecule has 1 aromatic heterocycles. The van der Waals surface area contributed by atoms with Crippen LogP contribution in [-0.2, 0) is 19.3 Å². The van der Waals surface area contributed by atoms with Crippen molar-refractivity contribution in [3.63, 3.8) is 0 Å². The quantitative estimate of drug-likeness (QED) is 0.880. The van der Waals surface area contributed by atoms with Crippen molar-refractivity contribution in [1.29, 1.82) is 0 Å². The number of benzene rings is 1. The van der Waals surface area contributed by atoms with Gasteiger partial charge in [-0.3, -0.25) is 0 Å². The van der Waals surface area contributed by atoms with Crippen molar-refractivity contribution in [3.05, 3.63) is 52.5 Å². The highest BCUT2D eigenvalue weighted by Crippen LogP contribution is 2.28. The van der Waals surface area contributed by atoms with Crippen LogP contribution in [0.2, 0.25) is 0 Å². The van der Waals surface area contributed by atoms with E-state index < -0.39 is 0 Å². The highest BCUT2D eigenvalue weighted by Gasteiger charge is 2.19. The van der Waals surface area contributed by atoms with E-state index in [2.05, 4.69) is 10.2 Å². The topological polar surface area (TPSA) is 51.8 Å². The Morgan fingerprint density at radius 2 is 2.00 bits per heavy atom. The molecule has 18 heavy (non-hydrogen) atoms. The van der Waals surface area contributed by atoms with Gasteiger partial charge in [0.25, 0.3) is 0 Å². The molecule has 1 heterocycles. The van der Waals surface area contributed by atoms with Crippen molar-refractivity contribution in [2.24, 2.45) is 0 Å². The molecule has 1 aliphatic carbocycles. The van der Waals surface area contributed by atoms with Crippen LogP contribution in [0.5, 0.6) is 0 Å². The molecule has 3 rings (SSSR count). The number of nitrogen functional groups attached to an aromatic ring is 1. The van der Waals surface area contributed by atoms with Gasteiger partial charge in [-0.05, 0) is 42.5 Å². The van der Waals surface area contributed by atoms with Crippen LogP contribution < -0.4 is 5.73 Å². The molecule has 92 valence electrons. The lowest BCUT2D eigenvalue weighted by atomic mass is 10.0. The van der Waals surface area contributed by atoms with Gasteiger partial charge in [0.15, 0.2) is 0 Å². The molecule has 2 aromatic rings.